The number of hydrazone groups is 1. The molecule has 3 aromatic rings. The van der Waals surface area contributed by atoms with Gasteiger partial charge in [-0.25, -0.2) is 10.2 Å². The van der Waals surface area contributed by atoms with Crippen LogP contribution in [0.15, 0.2) is 39.0 Å². The van der Waals surface area contributed by atoms with Crippen LogP contribution in [0.2, 0.25) is 0 Å². The van der Waals surface area contributed by atoms with Crippen LogP contribution in [-0.4, -0.2) is 45.6 Å². The molecule has 10 nitrogen and oxygen atoms in total. The number of aryl methyl sites for hydroxylation is 1. The highest BCUT2D eigenvalue weighted by Gasteiger charge is 2.16. The number of nitrogens with one attached hydrogen (secondary N) is 2. The number of aromatic nitrogens is 4. The van der Waals surface area contributed by atoms with Crippen LogP contribution in [0.1, 0.15) is 12.5 Å². The average Bonchev–Trinajstić information content (AvgIpc) is 3.06. The van der Waals surface area contributed by atoms with E-state index in [9.17, 15) is 9.59 Å². The summed E-state index contributed by atoms with van der Waals surface area (Å²) in [6, 6.07) is 7.37. The summed E-state index contributed by atoms with van der Waals surface area (Å²) >= 11 is 0. The van der Waals surface area contributed by atoms with Crippen molar-refractivity contribution < 1.29 is 9.47 Å². The number of rotatable bonds is 8. The van der Waals surface area contributed by atoms with Crippen LogP contribution in [-0.2, 0) is 18.3 Å². The SMILES string of the molecule is CCOCCn1c(N/N=C/c2ccc(OC)cc2)nc2c1c(=O)[nH]c(=O)n2C. The second-order valence-electron chi connectivity index (χ2n) is 5.92. The van der Waals surface area contributed by atoms with Crippen LogP contribution in [0.4, 0.5) is 5.95 Å². The highest BCUT2D eigenvalue weighted by molar-refractivity contribution is 5.80. The first-order valence-corrected chi connectivity index (χ1v) is 8.75. The Bertz CT molecular complexity index is 1090. The Labute approximate surface area is 160 Å². The minimum absolute atomic E-state index is 0.271. The number of methoxy groups -OCH3 is 1. The van der Waals surface area contributed by atoms with Crippen molar-refractivity contribution >= 4 is 23.3 Å². The lowest BCUT2D eigenvalue weighted by Crippen LogP contribution is -2.29. The van der Waals surface area contributed by atoms with E-state index < -0.39 is 11.2 Å². The van der Waals surface area contributed by atoms with Gasteiger partial charge in [0.1, 0.15) is 5.75 Å². The van der Waals surface area contributed by atoms with E-state index in [0.717, 1.165) is 11.3 Å². The molecular formula is C18H22N6O4. The van der Waals surface area contributed by atoms with E-state index in [2.05, 4.69) is 20.5 Å². The van der Waals surface area contributed by atoms with Gasteiger partial charge < -0.3 is 14.0 Å². The largest absolute Gasteiger partial charge is 0.497 e. The van der Waals surface area contributed by atoms with E-state index in [1.54, 1.807) is 24.9 Å². The molecule has 0 radical (unpaired) electrons. The van der Waals surface area contributed by atoms with Crippen molar-refractivity contribution in [2.45, 2.75) is 13.5 Å². The van der Waals surface area contributed by atoms with Gasteiger partial charge >= 0.3 is 5.69 Å². The van der Waals surface area contributed by atoms with Gasteiger partial charge in [0.2, 0.25) is 5.95 Å². The second kappa shape index (κ2) is 8.53. The predicted octanol–water partition coefficient (Wildman–Crippen LogP) is 0.914. The second-order valence-corrected chi connectivity index (χ2v) is 5.92. The summed E-state index contributed by atoms with van der Waals surface area (Å²) in [6.07, 6.45) is 1.62. The minimum Gasteiger partial charge on any atom is -0.497 e. The van der Waals surface area contributed by atoms with Crippen molar-refractivity contribution in [3.8, 4) is 5.75 Å². The molecule has 28 heavy (non-hydrogen) atoms. The van der Waals surface area contributed by atoms with Crippen LogP contribution < -0.4 is 21.4 Å². The van der Waals surface area contributed by atoms with Gasteiger partial charge in [0.25, 0.3) is 5.56 Å². The van der Waals surface area contributed by atoms with Crippen molar-refractivity contribution in [1.82, 2.24) is 19.1 Å². The fraction of sp³-hybridized carbons (Fsp3) is 0.333. The fourth-order valence-corrected chi connectivity index (χ4v) is 2.69. The first-order chi connectivity index (χ1) is 13.5. The van der Waals surface area contributed by atoms with Gasteiger partial charge in [-0.1, -0.05) is 0 Å². The van der Waals surface area contributed by atoms with Crippen molar-refractivity contribution in [3.63, 3.8) is 0 Å². The number of fused-ring (bicyclic) bond motifs is 1. The molecule has 10 heteroatoms. The molecule has 2 N–H and O–H groups in total. The minimum atomic E-state index is -0.528. The maximum atomic E-state index is 12.3. The van der Waals surface area contributed by atoms with Crippen molar-refractivity contribution in [2.24, 2.45) is 12.1 Å². The van der Waals surface area contributed by atoms with Crippen molar-refractivity contribution in [1.29, 1.82) is 0 Å². The molecule has 0 aliphatic heterocycles. The van der Waals surface area contributed by atoms with Gasteiger partial charge in [0.05, 0.1) is 19.9 Å². The van der Waals surface area contributed by atoms with Crippen LogP contribution in [0.3, 0.4) is 0 Å². The van der Waals surface area contributed by atoms with Gasteiger partial charge in [-0.2, -0.15) is 10.1 Å². The Hall–Kier alpha value is -3.40. The van der Waals surface area contributed by atoms with Gasteiger partial charge in [0, 0.05) is 20.2 Å². The number of nitrogens with zero attached hydrogens (tertiary/aromatic N) is 4. The smallest absolute Gasteiger partial charge is 0.329 e. The molecule has 1 aromatic carbocycles. The Morgan fingerprint density at radius 2 is 2.04 bits per heavy atom. The number of aromatic amines is 1. The topological polar surface area (TPSA) is 116 Å². The predicted molar refractivity (Wildman–Crippen MR) is 106 cm³/mol. The summed E-state index contributed by atoms with van der Waals surface area (Å²) in [5, 5.41) is 4.19. The Morgan fingerprint density at radius 1 is 1.29 bits per heavy atom. The maximum Gasteiger partial charge on any atom is 0.329 e. The lowest BCUT2D eigenvalue weighted by atomic mass is 10.2. The zero-order valence-electron chi connectivity index (χ0n) is 15.9. The molecule has 0 spiro atoms. The standard InChI is InChI=1S/C18H22N6O4/c1-4-28-10-9-24-14-15(23(2)18(26)21-16(14)25)20-17(24)22-19-11-12-5-7-13(27-3)8-6-12/h5-8,11H,4,9-10H2,1-3H3,(H,20,22)(H,21,25,26)/b19-11+. The monoisotopic (exact) mass is 386 g/mol. The lowest BCUT2D eigenvalue weighted by molar-refractivity contribution is 0.140. The molecule has 0 aliphatic rings. The highest BCUT2D eigenvalue weighted by atomic mass is 16.5. The zero-order valence-corrected chi connectivity index (χ0v) is 15.9. The first-order valence-electron chi connectivity index (χ1n) is 8.75. The van der Waals surface area contributed by atoms with E-state index in [1.807, 2.05) is 31.2 Å². The van der Waals surface area contributed by atoms with E-state index in [4.69, 9.17) is 9.47 Å². The number of hydrogen-bond donors (Lipinski definition) is 2. The van der Waals surface area contributed by atoms with Gasteiger partial charge in [-0.3, -0.25) is 14.3 Å². The van der Waals surface area contributed by atoms with Crippen molar-refractivity contribution in [2.75, 3.05) is 25.7 Å². The average molecular weight is 386 g/mol. The van der Waals surface area contributed by atoms with Crippen LogP contribution in [0.5, 0.6) is 5.75 Å². The number of imidazole rings is 1. The van der Waals surface area contributed by atoms with Crippen LogP contribution in [0.25, 0.3) is 11.2 Å². The molecular weight excluding hydrogens is 364 g/mol. The molecule has 0 aliphatic carbocycles. The molecule has 2 aromatic heterocycles. The summed E-state index contributed by atoms with van der Waals surface area (Å²) in [5.41, 5.74) is 3.22. The number of ether oxygens (including phenoxy) is 2. The Morgan fingerprint density at radius 3 is 2.71 bits per heavy atom. The molecule has 0 amide bonds. The third-order valence-corrected chi connectivity index (χ3v) is 4.16. The number of anilines is 1. The summed E-state index contributed by atoms with van der Waals surface area (Å²) in [7, 11) is 3.15. The highest BCUT2D eigenvalue weighted by Crippen LogP contribution is 2.15. The molecule has 0 saturated carbocycles. The first kappa shape index (κ1) is 19.4. The number of hydrogen-bond acceptors (Lipinski definition) is 7. The normalized spacial score (nSPS) is 11.4. The summed E-state index contributed by atoms with van der Waals surface area (Å²) in [6.45, 7) is 3.22. The van der Waals surface area contributed by atoms with Crippen LogP contribution >= 0.6 is 0 Å². The van der Waals surface area contributed by atoms with Gasteiger partial charge in [-0.15, -0.1) is 0 Å². The zero-order chi connectivity index (χ0) is 20.1. The van der Waals surface area contributed by atoms with Crippen molar-refractivity contribution in [3.05, 3.63) is 50.7 Å². The number of benzene rings is 1. The third-order valence-electron chi connectivity index (χ3n) is 4.16. The Balaban J connectivity index is 1.94. The maximum absolute atomic E-state index is 12.3. The third kappa shape index (κ3) is 3.96. The van der Waals surface area contributed by atoms with E-state index in [1.165, 1.54) is 4.57 Å². The summed E-state index contributed by atoms with van der Waals surface area (Å²) in [5.74, 6) is 1.09. The van der Waals surface area contributed by atoms with E-state index in [0.29, 0.717) is 25.7 Å². The molecule has 3 rings (SSSR count). The molecule has 0 unspecified atom stereocenters. The molecule has 0 bridgehead atoms. The summed E-state index contributed by atoms with van der Waals surface area (Å²) in [4.78, 5) is 30.9. The molecule has 148 valence electrons. The summed E-state index contributed by atoms with van der Waals surface area (Å²) < 4.78 is 13.4. The molecule has 0 saturated heterocycles. The molecule has 0 fully saturated rings. The molecule has 0 atom stereocenters. The fourth-order valence-electron chi connectivity index (χ4n) is 2.69. The van der Waals surface area contributed by atoms with Gasteiger partial charge in [0.15, 0.2) is 11.2 Å². The number of H-pyrrole nitrogens is 1. The molecule has 2 heterocycles. The van der Waals surface area contributed by atoms with Gasteiger partial charge in [-0.05, 0) is 36.8 Å². The van der Waals surface area contributed by atoms with E-state index in [-0.39, 0.29) is 11.2 Å². The lowest BCUT2D eigenvalue weighted by Gasteiger charge is -2.08. The Kier molecular flexibility index (Phi) is 5.90. The van der Waals surface area contributed by atoms with E-state index >= 15 is 0 Å². The quantitative estimate of drug-likeness (QED) is 0.338. The van der Waals surface area contributed by atoms with Crippen LogP contribution in [0, 0.1) is 0 Å².